The first-order valence-electron chi connectivity index (χ1n) is 5.67. The first kappa shape index (κ1) is 12.1. The van der Waals surface area contributed by atoms with Crippen molar-refractivity contribution in [3.8, 4) is 0 Å². The number of aliphatic hydroxyl groups excluding tert-OH is 1. The van der Waals surface area contributed by atoms with E-state index in [1.54, 1.807) is 0 Å². The van der Waals surface area contributed by atoms with E-state index in [2.05, 4.69) is 47.1 Å². The van der Waals surface area contributed by atoms with Gasteiger partial charge in [0.25, 0.3) is 0 Å². The van der Waals surface area contributed by atoms with Gasteiger partial charge in [0.1, 0.15) is 0 Å². The quantitative estimate of drug-likeness (QED) is 0.921. The fourth-order valence-electron chi connectivity index (χ4n) is 2.44. The number of aliphatic hydroxyl groups is 1. The minimum absolute atomic E-state index is 0.0319. The molecule has 1 unspecified atom stereocenters. The van der Waals surface area contributed by atoms with Crippen molar-refractivity contribution in [1.82, 2.24) is 0 Å². The number of benzene rings is 1. The molecule has 1 fully saturated rings. The van der Waals surface area contributed by atoms with Crippen LogP contribution < -0.4 is 0 Å². The molecule has 1 aliphatic heterocycles. The molecule has 1 aliphatic rings. The predicted octanol–water partition coefficient (Wildman–Crippen LogP) is 2.74. The van der Waals surface area contributed by atoms with Crippen LogP contribution in [0.2, 0.25) is 0 Å². The molecule has 0 aliphatic carbocycles. The van der Waals surface area contributed by atoms with E-state index in [-0.39, 0.29) is 12.0 Å². The molecule has 1 saturated heterocycles. The van der Waals surface area contributed by atoms with Crippen molar-refractivity contribution < 1.29 is 9.84 Å². The summed E-state index contributed by atoms with van der Waals surface area (Å²) in [5, 5.41) is 9.48. The second kappa shape index (κ2) is 4.86. The molecule has 0 amide bonds. The van der Waals surface area contributed by atoms with Crippen LogP contribution in [0.25, 0.3) is 0 Å². The van der Waals surface area contributed by atoms with Gasteiger partial charge in [-0.1, -0.05) is 41.4 Å². The van der Waals surface area contributed by atoms with Crippen molar-refractivity contribution in [3.05, 3.63) is 34.3 Å². The van der Waals surface area contributed by atoms with Gasteiger partial charge < -0.3 is 9.84 Å². The summed E-state index contributed by atoms with van der Waals surface area (Å²) >= 11 is 3.44. The van der Waals surface area contributed by atoms with Gasteiger partial charge in [-0.3, -0.25) is 0 Å². The zero-order valence-corrected chi connectivity index (χ0v) is 11.0. The largest absolute Gasteiger partial charge is 0.396 e. The third-order valence-corrected chi connectivity index (χ3v) is 4.16. The normalized spacial score (nSPS) is 20.2. The zero-order valence-electron chi connectivity index (χ0n) is 9.45. The van der Waals surface area contributed by atoms with Gasteiger partial charge in [0, 0.05) is 16.5 Å². The average Bonchev–Trinajstić information content (AvgIpc) is 2.25. The fourth-order valence-corrected chi connectivity index (χ4v) is 2.70. The number of hydrogen-bond acceptors (Lipinski definition) is 2. The van der Waals surface area contributed by atoms with Crippen LogP contribution in [0.3, 0.4) is 0 Å². The molecule has 1 atom stereocenters. The third kappa shape index (κ3) is 1.92. The standard InChI is InChI=1S/C13H17BrO2/c1-2-10(7-15)13(8-16-9-13)11-3-5-12(14)6-4-11/h3-6,10,15H,2,7-9H2,1H3. The number of ether oxygens (including phenoxy) is 1. The highest BCUT2D eigenvalue weighted by atomic mass is 79.9. The van der Waals surface area contributed by atoms with Crippen LogP contribution in [0.5, 0.6) is 0 Å². The smallest absolute Gasteiger partial charge is 0.0589 e. The molecule has 0 saturated carbocycles. The SMILES string of the molecule is CCC(CO)C1(c2ccc(Br)cc2)COC1. The first-order valence-corrected chi connectivity index (χ1v) is 6.47. The molecule has 0 aromatic heterocycles. The van der Waals surface area contributed by atoms with Crippen molar-refractivity contribution in [1.29, 1.82) is 0 Å². The Morgan fingerprint density at radius 2 is 2.00 bits per heavy atom. The van der Waals surface area contributed by atoms with Crippen LogP contribution >= 0.6 is 15.9 Å². The lowest BCUT2D eigenvalue weighted by molar-refractivity contribution is -0.101. The molecule has 0 spiro atoms. The molecule has 16 heavy (non-hydrogen) atoms. The Kier molecular flexibility index (Phi) is 3.67. The van der Waals surface area contributed by atoms with Crippen molar-refractivity contribution in [3.63, 3.8) is 0 Å². The molecular formula is C13H17BrO2. The number of rotatable bonds is 4. The van der Waals surface area contributed by atoms with E-state index in [1.165, 1.54) is 5.56 Å². The Morgan fingerprint density at radius 3 is 2.38 bits per heavy atom. The molecule has 3 heteroatoms. The molecular weight excluding hydrogens is 268 g/mol. The zero-order chi connectivity index (χ0) is 11.6. The van der Waals surface area contributed by atoms with Crippen LogP contribution in [0, 0.1) is 5.92 Å². The van der Waals surface area contributed by atoms with Crippen LogP contribution in [0.1, 0.15) is 18.9 Å². The molecule has 2 rings (SSSR count). The maximum absolute atomic E-state index is 9.48. The van der Waals surface area contributed by atoms with Gasteiger partial charge in [0.2, 0.25) is 0 Å². The first-order chi connectivity index (χ1) is 7.73. The van der Waals surface area contributed by atoms with Crippen LogP contribution in [-0.4, -0.2) is 24.9 Å². The molecule has 1 N–H and O–H groups in total. The highest BCUT2D eigenvalue weighted by Crippen LogP contribution is 2.41. The maximum Gasteiger partial charge on any atom is 0.0589 e. The lowest BCUT2D eigenvalue weighted by atomic mass is 9.68. The highest BCUT2D eigenvalue weighted by molar-refractivity contribution is 9.10. The molecule has 1 heterocycles. The van der Waals surface area contributed by atoms with E-state index in [0.29, 0.717) is 5.92 Å². The molecule has 88 valence electrons. The van der Waals surface area contributed by atoms with Gasteiger partial charge in [0.05, 0.1) is 13.2 Å². The van der Waals surface area contributed by atoms with E-state index in [9.17, 15) is 5.11 Å². The summed E-state index contributed by atoms with van der Waals surface area (Å²) < 4.78 is 6.47. The van der Waals surface area contributed by atoms with Gasteiger partial charge in [-0.05, 0) is 23.6 Å². The summed E-state index contributed by atoms with van der Waals surface area (Å²) in [4.78, 5) is 0. The van der Waals surface area contributed by atoms with Gasteiger partial charge in [-0.25, -0.2) is 0 Å². The minimum Gasteiger partial charge on any atom is -0.396 e. The number of halogens is 1. The molecule has 2 nitrogen and oxygen atoms in total. The van der Waals surface area contributed by atoms with Crippen LogP contribution in [0.4, 0.5) is 0 Å². The minimum atomic E-state index is 0.0319. The fraction of sp³-hybridized carbons (Fsp3) is 0.538. The molecule has 1 aromatic rings. The molecule has 1 aromatic carbocycles. The van der Waals surface area contributed by atoms with Gasteiger partial charge in [-0.15, -0.1) is 0 Å². The van der Waals surface area contributed by atoms with E-state index >= 15 is 0 Å². The van der Waals surface area contributed by atoms with Crippen LogP contribution in [0.15, 0.2) is 28.7 Å². The van der Waals surface area contributed by atoms with E-state index < -0.39 is 0 Å². The lowest BCUT2D eigenvalue weighted by Gasteiger charge is -2.47. The number of hydrogen-bond donors (Lipinski definition) is 1. The van der Waals surface area contributed by atoms with Crippen molar-refractivity contribution in [2.75, 3.05) is 19.8 Å². The summed E-state index contributed by atoms with van der Waals surface area (Å²) in [6.45, 7) is 3.82. The third-order valence-electron chi connectivity index (χ3n) is 3.63. The molecule has 0 bridgehead atoms. The Labute approximate surface area is 105 Å². The van der Waals surface area contributed by atoms with Crippen LogP contribution in [-0.2, 0) is 10.2 Å². The van der Waals surface area contributed by atoms with Crippen molar-refractivity contribution >= 4 is 15.9 Å². The average molecular weight is 285 g/mol. The summed E-state index contributed by atoms with van der Waals surface area (Å²) in [5.41, 5.74) is 1.31. The monoisotopic (exact) mass is 284 g/mol. The Balaban J connectivity index is 2.30. The van der Waals surface area contributed by atoms with Crippen molar-refractivity contribution in [2.24, 2.45) is 5.92 Å². The second-order valence-corrected chi connectivity index (χ2v) is 5.36. The van der Waals surface area contributed by atoms with E-state index in [4.69, 9.17) is 4.74 Å². The Hall–Kier alpha value is -0.380. The summed E-state index contributed by atoms with van der Waals surface area (Å²) in [6.07, 6.45) is 0.982. The lowest BCUT2D eigenvalue weighted by Crippen LogP contribution is -2.53. The highest BCUT2D eigenvalue weighted by Gasteiger charge is 2.45. The second-order valence-electron chi connectivity index (χ2n) is 4.44. The topological polar surface area (TPSA) is 29.5 Å². The van der Waals surface area contributed by atoms with Crippen molar-refractivity contribution in [2.45, 2.75) is 18.8 Å². The maximum atomic E-state index is 9.48. The van der Waals surface area contributed by atoms with Gasteiger partial charge >= 0.3 is 0 Å². The van der Waals surface area contributed by atoms with Gasteiger partial charge in [-0.2, -0.15) is 0 Å². The predicted molar refractivity (Wildman–Crippen MR) is 67.5 cm³/mol. The van der Waals surface area contributed by atoms with E-state index in [0.717, 1.165) is 24.1 Å². The summed E-state index contributed by atoms with van der Waals surface area (Å²) in [5.74, 6) is 0.294. The van der Waals surface area contributed by atoms with Gasteiger partial charge in [0.15, 0.2) is 0 Å². The van der Waals surface area contributed by atoms with E-state index in [1.807, 2.05) is 0 Å². The summed E-state index contributed by atoms with van der Waals surface area (Å²) in [6, 6.07) is 8.37. The molecule has 0 radical (unpaired) electrons. The summed E-state index contributed by atoms with van der Waals surface area (Å²) in [7, 11) is 0. The Bertz CT molecular complexity index is 339. The Morgan fingerprint density at radius 1 is 1.38 bits per heavy atom.